The lowest BCUT2D eigenvalue weighted by Gasteiger charge is -2.21. The van der Waals surface area contributed by atoms with E-state index in [2.05, 4.69) is 5.32 Å². The molecular weight excluding hydrogens is 307 g/mol. The first-order chi connectivity index (χ1) is 10.2. The molecule has 0 aliphatic carbocycles. The summed E-state index contributed by atoms with van der Waals surface area (Å²) < 4.78 is 18.7. The van der Waals surface area contributed by atoms with Crippen molar-refractivity contribution in [2.45, 2.75) is 32.4 Å². The monoisotopic (exact) mass is 330 g/mol. The van der Waals surface area contributed by atoms with Gasteiger partial charge in [-0.2, -0.15) is 0 Å². The Bertz CT molecular complexity index is 467. The van der Waals surface area contributed by atoms with Gasteiger partial charge < -0.3 is 15.0 Å². The summed E-state index contributed by atoms with van der Waals surface area (Å²) in [5.41, 5.74) is 0.810. The molecule has 6 heteroatoms. The van der Waals surface area contributed by atoms with E-state index in [-0.39, 0.29) is 30.2 Å². The predicted molar refractivity (Wildman–Crippen MR) is 86.6 cm³/mol. The van der Waals surface area contributed by atoms with Crippen molar-refractivity contribution in [1.29, 1.82) is 0 Å². The maximum Gasteiger partial charge on any atom is 0.236 e. The maximum absolute atomic E-state index is 13.2. The first-order valence-electron chi connectivity index (χ1n) is 7.53. The van der Waals surface area contributed by atoms with E-state index in [0.29, 0.717) is 26.2 Å². The van der Waals surface area contributed by atoms with Gasteiger partial charge in [0.2, 0.25) is 5.91 Å². The van der Waals surface area contributed by atoms with Crippen LogP contribution in [0.3, 0.4) is 0 Å². The quantitative estimate of drug-likeness (QED) is 0.834. The molecule has 1 aromatic rings. The number of carbonyl (C=O) groups is 1. The lowest BCUT2D eigenvalue weighted by molar-refractivity contribution is -0.130. The Hall–Kier alpha value is -1.17. The molecule has 1 N–H and O–H groups in total. The van der Waals surface area contributed by atoms with Crippen molar-refractivity contribution < 1.29 is 13.9 Å². The predicted octanol–water partition coefficient (Wildman–Crippen LogP) is 2.36. The van der Waals surface area contributed by atoms with E-state index in [1.54, 1.807) is 11.0 Å². The average molecular weight is 331 g/mol. The number of nitrogens with zero attached hydrogens (tertiary/aromatic N) is 1. The minimum Gasteiger partial charge on any atom is -0.377 e. The van der Waals surface area contributed by atoms with Crippen molar-refractivity contribution in [3.63, 3.8) is 0 Å². The molecule has 0 saturated carbocycles. The summed E-state index contributed by atoms with van der Waals surface area (Å²) in [7, 11) is 0. The molecule has 0 radical (unpaired) electrons. The van der Waals surface area contributed by atoms with Gasteiger partial charge in [0.05, 0.1) is 12.6 Å². The van der Waals surface area contributed by atoms with Crippen molar-refractivity contribution in [1.82, 2.24) is 10.2 Å². The van der Waals surface area contributed by atoms with Crippen LogP contribution in [0.1, 0.15) is 25.3 Å². The van der Waals surface area contributed by atoms with Gasteiger partial charge in [-0.05, 0) is 37.5 Å². The first-order valence-corrected chi connectivity index (χ1v) is 7.53. The van der Waals surface area contributed by atoms with Gasteiger partial charge in [0.15, 0.2) is 0 Å². The molecule has 0 aromatic heterocycles. The fourth-order valence-corrected chi connectivity index (χ4v) is 2.49. The third kappa shape index (κ3) is 5.91. The molecule has 1 atom stereocenters. The molecule has 1 saturated heterocycles. The van der Waals surface area contributed by atoms with Gasteiger partial charge in [0.1, 0.15) is 5.82 Å². The van der Waals surface area contributed by atoms with Crippen LogP contribution in [0.4, 0.5) is 4.39 Å². The van der Waals surface area contributed by atoms with E-state index in [0.717, 1.165) is 25.0 Å². The Balaban J connectivity index is 0.00000242. The fourth-order valence-electron chi connectivity index (χ4n) is 2.49. The van der Waals surface area contributed by atoms with Crippen LogP contribution < -0.4 is 5.32 Å². The Labute approximate surface area is 137 Å². The summed E-state index contributed by atoms with van der Waals surface area (Å²) in [5, 5.41) is 3.15. The Morgan fingerprint density at radius 3 is 2.95 bits per heavy atom. The van der Waals surface area contributed by atoms with E-state index in [4.69, 9.17) is 4.74 Å². The molecule has 1 unspecified atom stereocenters. The third-order valence-corrected chi connectivity index (χ3v) is 3.67. The number of carbonyl (C=O) groups excluding carboxylic acids is 1. The normalized spacial score (nSPS) is 17.1. The van der Waals surface area contributed by atoms with Crippen LogP contribution >= 0.6 is 12.4 Å². The van der Waals surface area contributed by atoms with Gasteiger partial charge >= 0.3 is 0 Å². The van der Waals surface area contributed by atoms with Crippen LogP contribution in [0.5, 0.6) is 0 Å². The number of ether oxygens (including phenoxy) is 1. The van der Waals surface area contributed by atoms with E-state index in [9.17, 15) is 9.18 Å². The molecule has 0 spiro atoms. The fraction of sp³-hybridized carbons (Fsp3) is 0.562. The van der Waals surface area contributed by atoms with Crippen molar-refractivity contribution in [3.8, 4) is 0 Å². The molecule has 1 fully saturated rings. The number of rotatable bonds is 7. The summed E-state index contributed by atoms with van der Waals surface area (Å²) in [6.45, 7) is 4.80. The number of halogens is 2. The summed E-state index contributed by atoms with van der Waals surface area (Å²) >= 11 is 0. The van der Waals surface area contributed by atoms with Crippen molar-refractivity contribution in [2.75, 3.05) is 26.2 Å². The molecule has 1 amide bonds. The minimum absolute atomic E-state index is 0. The van der Waals surface area contributed by atoms with Crippen LogP contribution in [-0.4, -0.2) is 43.2 Å². The Morgan fingerprint density at radius 1 is 1.50 bits per heavy atom. The van der Waals surface area contributed by atoms with Crippen molar-refractivity contribution >= 4 is 18.3 Å². The summed E-state index contributed by atoms with van der Waals surface area (Å²) in [5.74, 6) is -0.243. The number of nitrogens with one attached hydrogen (secondary N) is 1. The summed E-state index contributed by atoms with van der Waals surface area (Å²) in [6.07, 6.45) is 2.39. The van der Waals surface area contributed by atoms with Crippen LogP contribution in [-0.2, 0) is 16.1 Å². The van der Waals surface area contributed by atoms with Gasteiger partial charge in [0, 0.05) is 26.2 Å². The number of likely N-dealkylation sites (N-methyl/N-ethyl adjacent to an activating group) is 1. The largest absolute Gasteiger partial charge is 0.377 e. The highest BCUT2D eigenvalue weighted by Crippen LogP contribution is 2.10. The zero-order valence-corrected chi connectivity index (χ0v) is 13.7. The van der Waals surface area contributed by atoms with Crippen LogP contribution in [0.25, 0.3) is 0 Å². The molecule has 2 rings (SSSR count). The van der Waals surface area contributed by atoms with Gasteiger partial charge in [0.25, 0.3) is 0 Å². The SMILES string of the molecule is CCN(Cc1cccc(F)c1)C(=O)CNCC1CCCO1.Cl. The lowest BCUT2D eigenvalue weighted by atomic mass is 10.2. The van der Waals surface area contributed by atoms with Gasteiger partial charge in [-0.25, -0.2) is 4.39 Å². The van der Waals surface area contributed by atoms with Crippen LogP contribution in [0.15, 0.2) is 24.3 Å². The molecule has 1 heterocycles. The molecule has 1 aromatic carbocycles. The highest BCUT2D eigenvalue weighted by atomic mass is 35.5. The number of hydrogen-bond donors (Lipinski definition) is 1. The minimum atomic E-state index is -0.271. The number of benzene rings is 1. The van der Waals surface area contributed by atoms with E-state index in [1.807, 2.05) is 13.0 Å². The average Bonchev–Trinajstić information content (AvgIpc) is 2.98. The number of hydrogen-bond acceptors (Lipinski definition) is 3. The van der Waals surface area contributed by atoms with Crippen molar-refractivity contribution in [3.05, 3.63) is 35.6 Å². The van der Waals surface area contributed by atoms with Crippen LogP contribution in [0, 0.1) is 5.82 Å². The summed E-state index contributed by atoms with van der Waals surface area (Å²) in [6, 6.07) is 6.37. The van der Waals surface area contributed by atoms with E-state index >= 15 is 0 Å². The second-order valence-electron chi connectivity index (χ2n) is 5.30. The molecule has 4 nitrogen and oxygen atoms in total. The molecule has 1 aliphatic rings. The molecule has 22 heavy (non-hydrogen) atoms. The highest BCUT2D eigenvalue weighted by Gasteiger charge is 2.16. The Morgan fingerprint density at radius 2 is 2.32 bits per heavy atom. The molecule has 1 aliphatic heterocycles. The van der Waals surface area contributed by atoms with Crippen LogP contribution in [0.2, 0.25) is 0 Å². The second kappa shape index (κ2) is 9.77. The van der Waals surface area contributed by atoms with Crippen molar-refractivity contribution in [2.24, 2.45) is 0 Å². The topological polar surface area (TPSA) is 41.6 Å². The van der Waals surface area contributed by atoms with Gasteiger partial charge in [-0.15, -0.1) is 12.4 Å². The molecular formula is C16H24ClFN2O2. The molecule has 124 valence electrons. The van der Waals surface area contributed by atoms with E-state index < -0.39 is 0 Å². The van der Waals surface area contributed by atoms with E-state index in [1.165, 1.54) is 12.1 Å². The third-order valence-electron chi connectivity index (χ3n) is 3.67. The van der Waals surface area contributed by atoms with Gasteiger partial charge in [-0.3, -0.25) is 4.79 Å². The smallest absolute Gasteiger partial charge is 0.236 e. The standard InChI is InChI=1S/C16H23FN2O2.ClH/c1-2-19(12-13-5-3-6-14(17)9-13)16(20)11-18-10-15-7-4-8-21-15;/h3,5-6,9,15,18H,2,4,7-8,10-12H2,1H3;1H. The zero-order valence-electron chi connectivity index (χ0n) is 12.9. The second-order valence-corrected chi connectivity index (χ2v) is 5.30. The Kier molecular flexibility index (Phi) is 8.38. The van der Waals surface area contributed by atoms with Gasteiger partial charge in [-0.1, -0.05) is 12.1 Å². The highest BCUT2D eigenvalue weighted by molar-refractivity contribution is 5.85. The summed E-state index contributed by atoms with van der Waals surface area (Å²) in [4.78, 5) is 13.9. The molecule has 0 bridgehead atoms. The number of amides is 1. The lowest BCUT2D eigenvalue weighted by Crippen LogP contribution is -2.39. The zero-order chi connectivity index (χ0) is 15.1. The maximum atomic E-state index is 13.2. The first kappa shape index (κ1) is 18.9.